The molecule has 0 atom stereocenters. The van der Waals surface area contributed by atoms with Crippen LogP contribution in [0.25, 0.3) is 0 Å². The molecular weight excluding hydrogens is 249 g/mol. The largest absolute Gasteiger partial charge is 0.351 e. The molecule has 2 amide bonds. The summed E-state index contributed by atoms with van der Waals surface area (Å²) in [5.74, 6) is -1.23. The van der Waals surface area contributed by atoms with Crippen molar-refractivity contribution in [1.29, 1.82) is 0 Å². The van der Waals surface area contributed by atoms with Crippen LogP contribution in [0, 0.1) is 5.82 Å². The van der Waals surface area contributed by atoms with Crippen LogP contribution < -0.4 is 5.32 Å². The van der Waals surface area contributed by atoms with E-state index in [1.54, 1.807) is 4.90 Å². The van der Waals surface area contributed by atoms with Crippen molar-refractivity contribution >= 4 is 11.8 Å². The fraction of sp³-hybridized carbons (Fsp3) is 0.462. The summed E-state index contributed by atoms with van der Waals surface area (Å²) in [6, 6.07) is 1.30. The molecule has 0 fully saturated rings. The standard InChI is InChI=1S/C13H18FN3O2/c1-3-17(4-2)12(18)6-8-16-13(19)10-5-7-15-9-11(10)14/h5,7,9H,3-4,6,8H2,1-2H3,(H,16,19). The third-order valence-corrected chi connectivity index (χ3v) is 2.76. The summed E-state index contributed by atoms with van der Waals surface area (Å²) in [5.41, 5.74) is -0.0645. The van der Waals surface area contributed by atoms with Gasteiger partial charge in [0.1, 0.15) is 0 Å². The van der Waals surface area contributed by atoms with Crippen molar-refractivity contribution in [3.05, 3.63) is 29.8 Å². The zero-order valence-corrected chi connectivity index (χ0v) is 11.1. The van der Waals surface area contributed by atoms with Crippen molar-refractivity contribution in [1.82, 2.24) is 15.2 Å². The van der Waals surface area contributed by atoms with Crippen molar-refractivity contribution in [2.45, 2.75) is 20.3 Å². The molecule has 0 aliphatic heterocycles. The molecule has 0 aromatic carbocycles. The topological polar surface area (TPSA) is 62.3 Å². The summed E-state index contributed by atoms with van der Waals surface area (Å²) >= 11 is 0. The predicted octanol–water partition coefficient (Wildman–Crippen LogP) is 1.21. The fourth-order valence-corrected chi connectivity index (χ4v) is 1.67. The summed E-state index contributed by atoms with van der Waals surface area (Å²) in [6.07, 6.45) is 2.54. The summed E-state index contributed by atoms with van der Waals surface area (Å²) in [4.78, 5) is 28.6. The number of aromatic nitrogens is 1. The maximum Gasteiger partial charge on any atom is 0.254 e. The van der Waals surface area contributed by atoms with Crippen LogP contribution in [-0.2, 0) is 4.79 Å². The van der Waals surface area contributed by atoms with Gasteiger partial charge < -0.3 is 10.2 Å². The average molecular weight is 267 g/mol. The zero-order valence-electron chi connectivity index (χ0n) is 11.1. The minimum Gasteiger partial charge on any atom is -0.351 e. The first kappa shape index (κ1) is 15.1. The van der Waals surface area contributed by atoms with E-state index < -0.39 is 11.7 Å². The summed E-state index contributed by atoms with van der Waals surface area (Å²) in [7, 11) is 0. The molecule has 5 nitrogen and oxygen atoms in total. The van der Waals surface area contributed by atoms with Crippen LogP contribution in [0.4, 0.5) is 4.39 Å². The predicted molar refractivity (Wildman–Crippen MR) is 69.1 cm³/mol. The highest BCUT2D eigenvalue weighted by molar-refractivity contribution is 5.94. The van der Waals surface area contributed by atoms with Crippen molar-refractivity contribution in [2.75, 3.05) is 19.6 Å². The van der Waals surface area contributed by atoms with Gasteiger partial charge in [-0.05, 0) is 19.9 Å². The van der Waals surface area contributed by atoms with E-state index in [9.17, 15) is 14.0 Å². The molecule has 104 valence electrons. The highest BCUT2D eigenvalue weighted by Crippen LogP contribution is 2.03. The molecule has 0 aliphatic rings. The maximum atomic E-state index is 13.3. The highest BCUT2D eigenvalue weighted by atomic mass is 19.1. The molecule has 1 aromatic heterocycles. The zero-order chi connectivity index (χ0) is 14.3. The van der Waals surface area contributed by atoms with Gasteiger partial charge in [0, 0.05) is 32.3 Å². The molecule has 1 rings (SSSR count). The number of rotatable bonds is 6. The van der Waals surface area contributed by atoms with Gasteiger partial charge in [-0.2, -0.15) is 0 Å². The quantitative estimate of drug-likeness (QED) is 0.842. The van der Waals surface area contributed by atoms with E-state index in [4.69, 9.17) is 0 Å². The monoisotopic (exact) mass is 267 g/mol. The van der Waals surface area contributed by atoms with Crippen molar-refractivity contribution in [3.63, 3.8) is 0 Å². The summed E-state index contributed by atoms with van der Waals surface area (Å²) < 4.78 is 13.3. The second-order valence-corrected chi connectivity index (χ2v) is 3.93. The lowest BCUT2D eigenvalue weighted by molar-refractivity contribution is -0.130. The first-order valence-corrected chi connectivity index (χ1v) is 6.25. The van der Waals surface area contributed by atoms with E-state index in [1.165, 1.54) is 12.3 Å². The maximum absolute atomic E-state index is 13.3. The Morgan fingerprint density at radius 1 is 1.37 bits per heavy atom. The Morgan fingerprint density at radius 2 is 2.05 bits per heavy atom. The number of hydrogen-bond acceptors (Lipinski definition) is 3. The Balaban J connectivity index is 2.44. The molecule has 0 aliphatic carbocycles. The van der Waals surface area contributed by atoms with E-state index >= 15 is 0 Å². The van der Waals surface area contributed by atoms with Gasteiger partial charge in [0.05, 0.1) is 11.8 Å². The molecule has 0 saturated heterocycles. The molecule has 1 heterocycles. The van der Waals surface area contributed by atoms with E-state index in [1.807, 2.05) is 13.8 Å². The van der Waals surface area contributed by atoms with Crippen molar-refractivity contribution in [2.24, 2.45) is 0 Å². The smallest absolute Gasteiger partial charge is 0.254 e. The van der Waals surface area contributed by atoms with Crippen LogP contribution in [0.3, 0.4) is 0 Å². The Hall–Kier alpha value is -1.98. The number of pyridine rings is 1. The number of halogens is 1. The van der Waals surface area contributed by atoms with Crippen LogP contribution in [-0.4, -0.2) is 41.3 Å². The number of nitrogens with zero attached hydrogens (tertiary/aromatic N) is 2. The second-order valence-electron chi connectivity index (χ2n) is 3.93. The van der Waals surface area contributed by atoms with E-state index in [0.717, 1.165) is 6.20 Å². The lowest BCUT2D eigenvalue weighted by Gasteiger charge is -2.18. The molecule has 1 N–H and O–H groups in total. The van der Waals surface area contributed by atoms with Gasteiger partial charge in [-0.1, -0.05) is 0 Å². The molecule has 19 heavy (non-hydrogen) atoms. The molecule has 1 aromatic rings. The number of nitrogens with one attached hydrogen (secondary N) is 1. The number of carbonyl (C=O) groups is 2. The minimum absolute atomic E-state index is 0.0273. The molecule has 0 unspecified atom stereocenters. The Bertz CT molecular complexity index is 447. The van der Waals surface area contributed by atoms with E-state index in [0.29, 0.717) is 13.1 Å². The first-order valence-electron chi connectivity index (χ1n) is 6.25. The average Bonchev–Trinajstić information content (AvgIpc) is 2.40. The van der Waals surface area contributed by atoms with Crippen molar-refractivity contribution < 1.29 is 14.0 Å². The summed E-state index contributed by atoms with van der Waals surface area (Å²) in [6.45, 7) is 5.26. The second kappa shape index (κ2) is 7.45. The lowest BCUT2D eigenvalue weighted by atomic mass is 10.2. The Labute approximate surface area is 111 Å². The van der Waals surface area contributed by atoms with Gasteiger partial charge >= 0.3 is 0 Å². The van der Waals surface area contributed by atoms with Crippen molar-refractivity contribution in [3.8, 4) is 0 Å². The minimum atomic E-state index is -0.671. The first-order chi connectivity index (χ1) is 9.10. The van der Waals surface area contributed by atoms with Crippen LogP contribution in [0.5, 0.6) is 0 Å². The Morgan fingerprint density at radius 3 is 2.63 bits per heavy atom. The SMILES string of the molecule is CCN(CC)C(=O)CCNC(=O)c1ccncc1F. The van der Waals surface area contributed by atoms with Gasteiger partial charge in [-0.15, -0.1) is 0 Å². The normalized spacial score (nSPS) is 10.1. The van der Waals surface area contributed by atoms with Crippen LogP contribution in [0.2, 0.25) is 0 Å². The molecule has 0 bridgehead atoms. The highest BCUT2D eigenvalue weighted by Gasteiger charge is 2.13. The van der Waals surface area contributed by atoms with E-state index in [2.05, 4.69) is 10.3 Å². The molecule has 6 heteroatoms. The van der Waals surface area contributed by atoms with Gasteiger partial charge in [-0.25, -0.2) is 4.39 Å². The number of carbonyl (C=O) groups excluding carboxylic acids is 2. The van der Waals surface area contributed by atoms with Gasteiger partial charge in [0.15, 0.2) is 5.82 Å². The number of hydrogen-bond donors (Lipinski definition) is 1. The molecule has 0 radical (unpaired) electrons. The van der Waals surface area contributed by atoms with Gasteiger partial charge in [0.25, 0.3) is 5.91 Å². The van der Waals surface area contributed by atoms with Gasteiger partial charge in [0.2, 0.25) is 5.91 Å². The van der Waals surface area contributed by atoms with Crippen LogP contribution in [0.15, 0.2) is 18.5 Å². The third-order valence-electron chi connectivity index (χ3n) is 2.76. The third kappa shape index (κ3) is 4.31. The van der Waals surface area contributed by atoms with E-state index in [-0.39, 0.29) is 24.4 Å². The van der Waals surface area contributed by atoms with Crippen LogP contribution >= 0.6 is 0 Å². The number of amides is 2. The fourth-order valence-electron chi connectivity index (χ4n) is 1.67. The van der Waals surface area contributed by atoms with Crippen LogP contribution in [0.1, 0.15) is 30.6 Å². The lowest BCUT2D eigenvalue weighted by Crippen LogP contribution is -2.34. The Kier molecular flexibility index (Phi) is 5.92. The molecule has 0 saturated carbocycles. The molecular formula is C13H18FN3O2. The molecule has 0 spiro atoms. The summed E-state index contributed by atoms with van der Waals surface area (Å²) in [5, 5.41) is 2.52. The van der Waals surface area contributed by atoms with Gasteiger partial charge in [-0.3, -0.25) is 14.6 Å².